The molecule has 0 amide bonds. The van der Waals surface area contributed by atoms with Gasteiger partial charge < -0.3 is 9.88 Å². The van der Waals surface area contributed by atoms with E-state index >= 15 is 0 Å². The van der Waals surface area contributed by atoms with E-state index in [0.717, 1.165) is 30.4 Å². The Hall–Kier alpha value is -1.82. The van der Waals surface area contributed by atoms with Gasteiger partial charge in [0.15, 0.2) is 0 Å². The zero-order chi connectivity index (χ0) is 16.9. The standard InChI is InChI=1S/C18H17ClN2O2S/c1-21-8-7-18-16(11-21)15-10-14(5-6-17(15)20-18)24(22,23)13-4-2-3-12(19)9-13/h2-6,9-10,20H,7-8,11H2,1H3. The summed E-state index contributed by atoms with van der Waals surface area (Å²) in [4.78, 5) is 6.18. The molecule has 0 bridgehead atoms. The Morgan fingerprint density at radius 1 is 1.12 bits per heavy atom. The molecule has 1 aliphatic rings. The molecule has 0 unspecified atom stereocenters. The number of nitrogens with one attached hydrogen (secondary N) is 1. The molecule has 6 heteroatoms. The summed E-state index contributed by atoms with van der Waals surface area (Å²) in [5.41, 5.74) is 3.39. The van der Waals surface area contributed by atoms with Crippen LogP contribution in [0.1, 0.15) is 11.3 Å². The van der Waals surface area contributed by atoms with Gasteiger partial charge in [0.25, 0.3) is 0 Å². The van der Waals surface area contributed by atoms with Crippen molar-refractivity contribution in [2.75, 3.05) is 13.6 Å². The average Bonchev–Trinajstić information content (AvgIpc) is 2.92. The zero-order valence-electron chi connectivity index (χ0n) is 13.2. The van der Waals surface area contributed by atoms with Crippen molar-refractivity contribution < 1.29 is 8.42 Å². The highest BCUT2D eigenvalue weighted by molar-refractivity contribution is 7.91. The molecule has 0 radical (unpaired) electrons. The number of likely N-dealkylation sites (N-methyl/N-ethyl adjacent to an activating group) is 1. The number of sulfone groups is 1. The molecule has 3 aromatic rings. The van der Waals surface area contributed by atoms with Crippen LogP contribution >= 0.6 is 11.6 Å². The van der Waals surface area contributed by atoms with E-state index in [4.69, 9.17) is 11.6 Å². The topological polar surface area (TPSA) is 53.2 Å². The lowest BCUT2D eigenvalue weighted by Gasteiger charge is -2.22. The lowest BCUT2D eigenvalue weighted by atomic mass is 10.1. The molecule has 2 aromatic carbocycles. The third kappa shape index (κ3) is 2.53. The second kappa shape index (κ2) is 5.62. The Morgan fingerprint density at radius 2 is 1.92 bits per heavy atom. The summed E-state index contributed by atoms with van der Waals surface area (Å²) < 4.78 is 25.8. The third-order valence-electron chi connectivity index (χ3n) is 4.55. The fraction of sp³-hybridized carbons (Fsp3) is 0.222. The number of H-pyrrole nitrogens is 1. The minimum atomic E-state index is -3.58. The molecular formula is C18H17ClN2O2S. The van der Waals surface area contributed by atoms with Gasteiger partial charge >= 0.3 is 0 Å². The molecule has 4 rings (SSSR count). The van der Waals surface area contributed by atoms with E-state index in [-0.39, 0.29) is 4.90 Å². The number of nitrogens with zero attached hydrogens (tertiary/aromatic N) is 1. The number of halogens is 1. The SMILES string of the molecule is CN1CCc2[nH]c3ccc(S(=O)(=O)c4cccc(Cl)c4)cc3c2C1. The fourth-order valence-corrected chi connectivity index (χ4v) is 4.85. The molecule has 0 fully saturated rings. The second-order valence-corrected chi connectivity index (χ2v) is 8.62. The molecular weight excluding hydrogens is 344 g/mol. The number of benzene rings is 2. The molecule has 0 aliphatic carbocycles. The quantitative estimate of drug-likeness (QED) is 0.759. The molecule has 24 heavy (non-hydrogen) atoms. The van der Waals surface area contributed by atoms with Crippen LogP contribution in [-0.4, -0.2) is 31.9 Å². The van der Waals surface area contributed by atoms with Crippen molar-refractivity contribution >= 4 is 32.3 Å². The fourth-order valence-electron chi connectivity index (χ4n) is 3.27. The number of aromatic nitrogens is 1. The Kier molecular flexibility index (Phi) is 3.67. The van der Waals surface area contributed by atoms with Crippen LogP contribution in [0.5, 0.6) is 0 Å². The van der Waals surface area contributed by atoms with E-state index in [1.165, 1.54) is 17.3 Å². The van der Waals surface area contributed by atoms with Gasteiger partial charge in [-0.25, -0.2) is 8.42 Å². The van der Waals surface area contributed by atoms with E-state index in [9.17, 15) is 8.42 Å². The average molecular weight is 361 g/mol. The summed E-state index contributed by atoms with van der Waals surface area (Å²) in [6, 6.07) is 11.7. The molecule has 1 aromatic heterocycles. The highest BCUT2D eigenvalue weighted by Gasteiger charge is 2.22. The highest BCUT2D eigenvalue weighted by atomic mass is 35.5. The molecule has 2 heterocycles. The van der Waals surface area contributed by atoms with E-state index in [0.29, 0.717) is 9.92 Å². The van der Waals surface area contributed by atoms with Crippen molar-refractivity contribution in [1.82, 2.24) is 9.88 Å². The molecule has 0 atom stereocenters. The van der Waals surface area contributed by atoms with Crippen LogP contribution in [0.15, 0.2) is 52.3 Å². The van der Waals surface area contributed by atoms with Gasteiger partial charge in [0, 0.05) is 41.1 Å². The largest absolute Gasteiger partial charge is 0.358 e. The first-order valence-electron chi connectivity index (χ1n) is 7.78. The number of hydrogen-bond donors (Lipinski definition) is 1. The van der Waals surface area contributed by atoms with Crippen molar-refractivity contribution in [3.63, 3.8) is 0 Å². The number of hydrogen-bond acceptors (Lipinski definition) is 3. The molecule has 0 saturated carbocycles. The number of fused-ring (bicyclic) bond motifs is 3. The number of aromatic amines is 1. The van der Waals surface area contributed by atoms with Crippen LogP contribution in [-0.2, 0) is 22.8 Å². The monoisotopic (exact) mass is 360 g/mol. The second-order valence-electron chi connectivity index (χ2n) is 6.24. The number of rotatable bonds is 2. The van der Waals surface area contributed by atoms with Gasteiger partial charge in [-0.1, -0.05) is 17.7 Å². The summed E-state index contributed by atoms with van der Waals surface area (Å²) in [5, 5.41) is 1.40. The summed E-state index contributed by atoms with van der Waals surface area (Å²) in [6.07, 6.45) is 0.955. The summed E-state index contributed by atoms with van der Waals surface area (Å²) in [6.45, 7) is 1.84. The third-order valence-corrected chi connectivity index (χ3v) is 6.54. The van der Waals surface area contributed by atoms with Crippen LogP contribution in [0, 0.1) is 0 Å². The van der Waals surface area contributed by atoms with Gasteiger partial charge in [-0.15, -0.1) is 0 Å². The first kappa shape index (κ1) is 15.7. The lowest BCUT2D eigenvalue weighted by Crippen LogP contribution is -2.26. The van der Waals surface area contributed by atoms with Crippen molar-refractivity contribution in [2.45, 2.75) is 22.8 Å². The maximum Gasteiger partial charge on any atom is 0.206 e. The van der Waals surface area contributed by atoms with Crippen molar-refractivity contribution in [2.24, 2.45) is 0 Å². The minimum Gasteiger partial charge on any atom is -0.358 e. The normalized spacial score (nSPS) is 15.6. The summed E-state index contributed by atoms with van der Waals surface area (Å²) in [5.74, 6) is 0. The van der Waals surface area contributed by atoms with E-state index in [1.807, 2.05) is 6.07 Å². The van der Waals surface area contributed by atoms with Gasteiger partial charge in [0.1, 0.15) is 0 Å². The van der Waals surface area contributed by atoms with Crippen molar-refractivity contribution in [1.29, 1.82) is 0 Å². The molecule has 4 nitrogen and oxygen atoms in total. The Morgan fingerprint density at radius 3 is 2.71 bits per heavy atom. The lowest BCUT2D eigenvalue weighted by molar-refractivity contribution is 0.313. The van der Waals surface area contributed by atoms with Crippen LogP contribution in [0.2, 0.25) is 5.02 Å². The maximum atomic E-state index is 12.9. The maximum absolute atomic E-state index is 12.9. The minimum absolute atomic E-state index is 0.218. The molecule has 0 saturated heterocycles. The Balaban J connectivity index is 1.87. The van der Waals surface area contributed by atoms with Crippen LogP contribution < -0.4 is 0 Å². The van der Waals surface area contributed by atoms with E-state index in [1.54, 1.807) is 30.3 Å². The smallest absolute Gasteiger partial charge is 0.206 e. The van der Waals surface area contributed by atoms with Gasteiger partial charge in [-0.2, -0.15) is 0 Å². The predicted octanol–water partition coefficient (Wildman–Crippen LogP) is 3.64. The predicted molar refractivity (Wildman–Crippen MR) is 95.2 cm³/mol. The van der Waals surface area contributed by atoms with Crippen molar-refractivity contribution in [3.05, 3.63) is 58.7 Å². The van der Waals surface area contributed by atoms with E-state index in [2.05, 4.69) is 16.9 Å². The van der Waals surface area contributed by atoms with Crippen LogP contribution in [0.4, 0.5) is 0 Å². The summed E-state index contributed by atoms with van der Waals surface area (Å²) >= 11 is 5.95. The van der Waals surface area contributed by atoms with Gasteiger partial charge in [0.05, 0.1) is 9.79 Å². The molecule has 0 spiro atoms. The van der Waals surface area contributed by atoms with Crippen LogP contribution in [0.3, 0.4) is 0 Å². The first-order valence-corrected chi connectivity index (χ1v) is 9.64. The van der Waals surface area contributed by atoms with Gasteiger partial charge in [-0.3, -0.25) is 0 Å². The van der Waals surface area contributed by atoms with Gasteiger partial charge in [0.2, 0.25) is 9.84 Å². The Bertz CT molecular complexity index is 1040. The van der Waals surface area contributed by atoms with Crippen molar-refractivity contribution in [3.8, 4) is 0 Å². The first-order chi connectivity index (χ1) is 11.4. The van der Waals surface area contributed by atoms with Crippen LogP contribution in [0.25, 0.3) is 10.9 Å². The molecule has 1 aliphatic heterocycles. The summed E-state index contributed by atoms with van der Waals surface area (Å²) in [7, 11) is -1.51. The zero-order valence-corrected chi connectivity index (χ0v) is 14.8. The van der Waals surface area contributed by atoms with Gasteiger partial charge in [-0.05, 0) is 49.0 Å². The Labute approximate surface area is 146 Å². The molecule has 124 valence electrons. The molecule has 1 N–H and O–H groups in total. The van der Waals surface area contributed by atoms with E-state index < -0.39 is 9.84 Å². The highest BCUT2D eigenvalue weighted by Crippen LogP contribution is 2.31.